The molecule has 0 saturated heterocycles. The molecule has 27 heavy (non-hydrogen) atoms. The van der Waals surface area contributed by atoms with E-state index in [0.717, 1.165) is 38.3 Å². The van der Waals surface area contributed by atoms with E-state index in [1.807, 2.05) is 43.3 Å². The summed E-state index contributed by atoms with van der Waals surface area (Å²) in [6.07, 6.45) is 4.23. The molecule has 6 heteroatoms. The van der Waals surface area contributed by atoms with Crippen LogP contribution in [0.25, 0.3) is 17.2 Å². The van der Waals surface area contributed by atoms with Gasteiger partial charge in [0.15, 0.2) is 0 Å². The molecule has 0 saturated carbocycles. The van der Waals surface area contributed by atoms with Crippen LogP contribution in [0.5, 0.6) is 0 Å². The Labute approximate surface area is 161 Å². The number of benzene rings is 2. The van der Waals surface area contributed by atoms with Crippen molar-refractivity contribution in [2.24, 2.45) is 5.73 Å². The predicted octanol–water partition coefficient (Wildman–Crippen LogP) is 3.91. The lowest BCUT2D eigenvalue weighted by Gasteiger charge is -2.14. The van der Waals surface area contributed by atoms with Crippen molar-refractivity contribution in [3.8, 4) is 0 Å². The summed E-state index contributed by atoms with van der Waals surface area (Å²) in [5, 5.41) is 10.2. The number of rotatable bonds is 5. The molecule has 1 atom stereocenters. The first-order chi connectivity index (χ1) is 12.9. The van der Waals surface area contributed by atoms with Gasteiger partial charge in [-0.25, -0.2) is 9.86 Å². The van der Waals surface area contributed by atoms with E-state index in [2.05, 4.69) is 18.2 Å². The third kappa shape index (κ3) is 4.02. The summed E-state index contributed by atoms with van der Waals surface area (Å²) in [7, 11) is -1.01. The molecule has 1 unspecified atom stereocenters. The molecule has 0 aromatic heterocycles. The number of hydroxylamine groups is 2. The molecule has 0 bridgehead atoms. The second-order valence-electron chi connectivity index (χ2n) is 6.44. The molecule has 0 spiro atoms. The van der Waals surface area contributed by atoms with Crippen molar-refractivity contribution in [3.05, 3.63) is 70.8 Å². The van der Waals surface area contributed by atoms with E-state index >= 15 is 0 Å². The van der Waals surface area contributed by atoms with Crippen molar-refractivity contribution < 1.29 is 14.2 Å². The second-order valence-corrected chi connectivity index (χ2v) is 7.82. The van der Waals surface area contributed by atoms with Gasteiger partial charge in [0, 0.05) is 22.0 Å². The van der Waals surface area contributed by atoms with E-state index < -0.39 is 16.8 Å². The lowest BCUT2D eigenvalue weighted by atomic mass is 9.98. The van der Waals surface area contributed by atoms with E-state index in [1.165, 1.54) is 0 Å². The molecule has 2 amide bonds. The third-order valence-electron chi connectivity index (χ3n) is 4.75. The lowest BCUT2D eigenvalue weighted by Crippen LogP contribution is -2.33. The van der Waals surface area contributed by atoms with Crippen LogP contribution in [-0.2, 0) is 10.8 Å². The Hall–Kier alpha value is -2.70. The summed E-state index contributed by atoms with van der Waals surface area (Å²) < 4.78 is 11.6. The Morgan fingerprint density at radius 1 is 1.15 bits per heavy atom. The van der Waals surface area contributed by atoms with Crippen LogP contribution >= 0.6 is 0 Å². The number of hydrogen-bond acceptors (Lipinski definition) is 3. The van der Waals surface area contributed by atoms with E-state index in [1.54, 1.807) is 6.26 Å². The minimum atomic E-state index is -1.01. The van der Waals surface area contributed by atoms with Gasteiger partial charge in [0.2, 0.25) is 0 Å². The van der Waals surface area contributed by atoms with Crippen LogP contribution in [0.1, 0.15) is 30.0 Å². The molecule has 2 aromatic rings. The fourth-order valence-electron chi connectivity index (χ4n) is 3.31. The Kier molecular flexibility index (Phi) is 5.58. The van der Waals surface area contributed by atoms with Crippen molar-refractivity contribution in [3.63, 3.8) is 0 Å². The molecular weight excluding hydrogens is 360 g/mol. The van der Waals surface area contributed by atoms with E-state index in [-0.39, 0.29) is 6.54 Å². The van der Waals surface area contributed by atoms with E-state index in [0.29, 0.717) is 11.5 Å². The van der Waals surface area contributed by atoms with Gasteiger partial charge in [0.1, 0.15) is 0 Å². The first-order valence-corrected chi connectivity index (χ1v) is 10.1. The average Bonchev–Trinajstić information content (AvgIpc) is 2.92. The third-order valence-corrected chi connectivity index (χ3v) is 5.69. The van der Waals surface area contributed by atoms with Gasteiger partial charge in [-0.3, -0.25) is 9.42 Å². The van der Waals surface area contributed by atoms with Crippen LogP contribution in [0.3, 0.4) is 0 Å². The number of carbonyl (C=O) groups is 1. The minimum absolute atomic E-state index is 0.126. The number of amides is 2. The molecule has 0 heterocycles. The molecule has 140 valence electrons. The molecule has 2 aromatic carbocycles. The normalized spacial score (nSPS) is 15.7. The van der Waals surface area contributed by atoms with Crippen LogP contribution in [0, 0.1) is 0 Å². The minimum Gasteiger partial charge on any atom is -0.350 e. The number of fused-ring (bicyclic) bond motifs is 1. The Balaban J connectivity index is 1.99. The van der Waals surface area contributed by atoms with Gasteiger partial charge in [0.05, 0.1) is 6.54 Å². The summed E-state index contributed by atoms with van der Waals surface area (Å²) in [5.74, 6) is 0. The quantitative estimate of drug-likeness (QED) is 0.607. The number of nitrogens with zero attached hydrogens (tertiary/aromatic N) is 1. The van der Waals surface area contributed by atoms with E-state index in [4.69, 9.17) is 5.73 Å². The number of allylic oxidation sites excluding steroid dienone is 2. The zero-order valence-corrected chi connectivity index (χ0v) is 16.1. The standard InChI is InChI=1S/C21H22N2O3S/c1-14-17-5-3-4-6-19(17)20(18(14)11-12-23(25)21(22)24)13-15-7-9-16(10-8-15)27(2)26/h3-10,13,25H,11-12H2,1-2H3,(H2,22,24)/b20-13-. The van der Waals surface area contributed by atoms with Gasteiger partial charge in [-0.2, -0.15) is 0 Å². The maximum absolute atomic E-state index is 11.6. The monoisotopic (exact) mass is 382 g/mol. The van der Waals surface area contributed by atoms with Crippen molar-refractivity contribution in [2.75, 3.05) is 12.8 Å². The van der Waals surface area contributed by atoms with Gasteiger partial charge in [0.25, 0.3) is 0 Å². The highest BCUT2D eigenvalue weighted by molar-refractivity contribution is 7.84. The van der Waals surface area contributed by atoms with Gasteiger partial charge < -0.3 is 5.73 Å². The maximum atomic E-state index is 11.6. The molecule has 1 aliphatic rings. The smallest absolute Gasteiger partial charge is 0.338 e. The summed E-state index contributed by atoms with van der Waals surface area (Å²) >= 11 is 0. The van der Waals surface area contributed by atoms with Crippen LogP contribution in [0.4, 0.5) is 4.79 Å². The van der Waals surface area contributed by atoms with Crippen molar-refractivity contribution in [1.82, 2.24) is 5.06 Å². The van der Waals surface area contributed by atoms with Crippen LogP contribution in [-0.4, -0.2) is 33.3 Å². The van der Waals surface area contributed by atoms with Crippen LogP contribution in [0.15, 0.2) is 59.0 Å². The second kappa shape index (κ2) is 7.90. The van der Waals surface area contributed by atoms with Gasteiger partial charge in [-0.1, -0.05) is 36.4 Å². The number of carbonyl (C=O) groups excluding carboxylic acids is 1. The number of urea groups is 1. The van der Waals surface area contributed by atoms with Crippen LogP contribution in [0.2, 0.25) is 0 Å². The average molecular weight is 382 g/mol. The fraction of sp³-hybridized carbons (Fsp3) is 0.190. The molecule has 5 nitrogen and oxygen atoms in total. The lowest BCUT2D eigenvalue weighted by molar-refractivity contribution is -0.0379. The van der Waals surface area contributed by atoms with Gasteiger partial charge >= 0.3 is 6.03 Å². The van der Waals surface area contributed by atoms with Crippen molar-refractivity contribution in [1.29, 1.82) is 0 Å². The number of hydrogen-bond donors (Lipinski definition) is 2. The first-order valence-electron chi connectivity index (χ1n) is 8.59. The van der Waals surface area contributed by atoms with E-state index in [9.17, 15) is 14.2 Å². The first kappa shape index (κ1) is 19.1. The molecule has 1 aliphatic carbocycles. The fourth-order valence-corrected chi connectivity index (χ4v) is 3.83. The topological polar surface area (TPSA) is 83.6 Å². The summed E-state index contributed by atoms with van der Waals surface area (Å²) in [6.45, 7) is 2.17. The maximum Gasteiger partial charge on any atom is 0.338 e. The van der Waals surface area contributed by atoms with Gasteiger partial charge in [-0.05, 0) is 65.0 Å². The van der Waals surface area contributed by atoms with Crippen molar-refractivity contribution >= 4 is 34.1 Å². The number of primary amides is 1. The van der Waals surface area contributed by atoms with Crippen molar-refractivity contribution in [2.45, 2.75) is 18.2 Å². The molecule has 0 aliphatic heterocycles. The number of nitrogens with two attached hydrogens (primary N) is 1. The highest BCUT2D eigenvalue weighted by Gasteiger charge is 2.24. The molecule has 0 radical (unpaired) electrons. The summed E-state index contributed by atoms with van der Waals surface area (Å²) in [4.78, 5) is 11.9. The SMILES string of the molecule is CC1=C(CCN(O)C(N)=O)/C(=C/c2ccc(S(C)=O)cc2)c2ccccc21. The van der Waals surface area contributed by atoms with Gasteiger partial charge in [-0.15, -0.1) is 0 Å². The zero-order valence-electron chi connectivity index (χ0n) is 15.3. The molecule has 3 N–H and O–H groups in total. The predicted molar refractivity (Wildman–Crippen MR) is 108 cm³/mol. The highest BCUT2D eigenvalue weighted by atomic mass is 32.2. The zero-order chi connectivity index (χ0) is 19.6. The summed E-state index contributed by atoms with van der Waals surface area (Å²) in [5.41, 5.74) is 11.6. The largest absolute Gasteiger partial charge is 0.350 e. The Morgan fingerprint density at radius 2 is 1.78 bits per heavy atom. The molecule has 3 rings (SSSR count). The molecular formula is C21H22N2O3S. The Morgan fingerprint density at radius 3 is 2.37 bits per heavy atom. The summed E-state index contributed by atoms with van der Waals surface area (Å²) in [6, 6.07) is 14.9. The molecule has 0 fully saturated rings. The van der Waals surface area contributed by atoms with Crippen LogP contribution < -0.4 is 5.73 Å². The highest BCUT2D eigenvalue weighted by Crippen LogP contribution is 2.43. The Bertz CT molecular complexity index is 962.